The second kappa shape index (κ2) is 17.3. The Kier molecular flexibility index (Phi) is 18.1. The Balaban J connectivity index is 0. The molecule has 0 aliphatic heterocycles. The van der Waals surface area contributed by atoms with Gasteiger partial charge in [-0.25, -0.2) is 5.06 Å². The Labute approximate surface area is 177 Å². The number of benzene rings is 1. The van der Waals surface area contributed by atoms with Gasteiger partial charge in [-0.15, -0.1) is 24.8 Å². The fourth-order valence-corrected chi connectivity index (χ4v) is 2.60. The topological polar surface area (TPSA) is 58.8 Å². The van der Waals surface area contributed by atoms with E-state index in [2.05, 4.69) is 11.8 Å². The van der Waals surface area contributed by atoms with Gasteiger partial charge in [0.05, 0.1) is 6.04 Å². The maximum absolute atomic E-state index is 12.7. The van der Waals surface area contributed by atoms with E-state index < -0.39 is 6.04 Å². The first-order valence-corrected chi connectivity index (χ1v) is 9.43. The lowest BCUT2D eigenvalue weighted by atomic mass is 10.1. The number of carbonyl (C=O) groups excluding carboxylic acids is 1. The van der Waals surface area contributed by atoms with E-state index in [1.165, 1.54) is 17.9 Å². The molecular formula is C20H37Cl2N3O2. The number of rotatable bonds is 13. The van der Waals surface area contributed by atoms with Gasteiger partial charge < -0.3 is 10.6 Å². The smallest absolute Gasteiger partial charge is 0.263 e. The highest BCUT2D eigenvalue weighted by Gasteiger charge is 2.21. The minimum atomic E-state index is -0.480. The monoisotopic (exact) mass is 421 g/mol. The molecule has 1 rings (SSSR count). The van der Waals surface area contributed by atoms with E-state index in [9.17, 15) is 4.79 Å². The van der Waals surface area contributed by atoms with Gasteiger partial charge in [-0.2, -0.15) is 0 Å². The Morgan fingerprint density at radius 3 is 2.30 bits per heavy atom. The fourth-order valence-electron chi connectivity index (χ4n) is 2.60. The third kappa shape index (κ3) is 13.0. The number of unbranched alkanes of at least 4 members (excludes halogenated alkanes) is 3. The molecule has 0 aliphatic rings. The van der Waals surface area contributed by atoms with Crippen LogP contribution < -0.4 is 5.73 Å². The van der Waals surface area contributed by atoms with E-state index in [-0.39, 0.29) is 30.7 Å². The molecule has 0 spiro atoms. The van der Waals surface area contributed by atoms with Crippen LogP contribution in [0.2, 0.25) is 0 Å². The number of nitrogens with two attached hydrogens (primary N) is 1. The van der Waals surface area contributed by atoms with Crippen molar-refractivity contribution in [2.75, 3.05) is 27.2 Å². The van der Waals surface area contributed by atoms with Crippen molar-refractivity contribution in [2.24, 2.45) is 5.73 Å². The first-order chi connectivity index (χ1) is 12.0. The lowest BCUT2D eigenvalue weighted by molar-refractivity contribution is -0.193. The molecule has 7 heteroatoms. The van der Waals surface area contributed by atoms with Crippen LogP contribution in [0.1, 0.15) is 51.0 Å². The van der Waals surface area contributed by atoms with Gasteiger partial charge in [-0.1, -0.05) is 62.9 Å². The largest absolute Gasteiger partial charge is 0.320 e. The van der Waals surface area contributed by atoms with Crippen LogP contribution in [0.4, 0.5) is 0 Å². The number of amides is 1. The first-order valence-electron chi connectivity index (χ1n) is 9.43. The summed E-state index contributed by atoms with van der Waals surface area (Å²) in [4.78, 5) is 20.6. The van der Waals surface area contributed by atoms with Crippen molar-refractivity contribution in [2.45, 2.75) is 58.1 Å². The molecule has 0 bridgehead atoms. The van der Waals surface area contributed by atoms with E-state index in [4.69, 9.17) is 10.6 Å². The minimum Gasteiger partial charge on any atom is -0.320 e. The van der Waals surface area contributed by atoms with E-state index in [0.717, 1.165) is 37.8 Å². The predicted octanol–water partition coefficient (Wildman–Crippen LogP) is 4.04. The summed E-state index contributed by atoms with van der Waals surface area (Å²) in [5.41, 5.74) is 7.16. The standard InChI is InChI=1S/C20H35N3O2.2ClH/c1-4-5-6-10-14-19(21)20(24)23(16-11-15-22(2)3)25-17-18-12-8-7-9-13-18;;/h7-9,12-13,19H,4-6,10-11,14-17,21H2,1-3H3;2*1H. The summed E-state index contributed by atoms with van der Waals surface area (Å²) in [5.74, 6) is -0.105. The molecule has 1 atom stereocenters. The third-order valence-corrected chi connectivity index (χ3v) is 4.13. The molecule has 5 nitrogen and oxygen atoms in total. The lowest BCUT2D eigenvalue weighted by Crippen LogP contribution is -2.44. The highest BCUT2D eigenvalue weighted by Crippen LogP contribution is 2.10. The van der Waals surface area contributed by atoms with Crippen molar-refractivity contribution in [1.82, 2.24) is 9.96 Å². The number of halogens is 2. The normalized spacial score (nSPS) is 11.4. The summed E-state index contributed by atoms with van der Waals surface area (Å²) in [6, 6.07) is 9.41. The number of hydrogen-bond acceptors (Lipinski definition) is 4. The van der Waals surface area contributed by atoms with Crippen molar-refractivity contribution in [3.63, 3.8) is 0 Å². The highest BCUT2D eigenvalue weighted by atomic mass is 35.5. The van der Waals surface area contributed by atoms with Crippen molar-refractivity contribution < 1.29 is 9.63 Å². The van der Waals surface area contributed by atoms with Crippen molar-refractivity contribution in [3.05, 3.63) is 35.9 Å². The van der Waals surface area contributed by atoms with Gasteiger partial charge in [0.1, 0.15) is 6.61 Å². The Morgan fingerprint density at radius 1 is 1.04 bits per heavy atom. The van der Waals surface area contributed by atoms with Gasteiger partial charge in [-0.3, -0.25) is 9.63 Å². The second-order valence-corrected chi connectivity index (χ2v) is 6.81. The Morgan fingerprint density at radius 2 is 1.70 bits per heavy atom. The fraction of sp³-hybridized carbons (Fsp3) is 0.650. The quantitative estimate of drug-likeness (QED) is 0.385. The van der Waals surface area contributed by atoms with Crippen LogP contribution in [0.5, 0.6) is 0 Å². The summed E-state index contributed by atoms with van der Waals surface area (Å²) in [5, 5.41) is 1.47. The summed E-state index contributed by atoms with van der Waals surface area (Å²) in [6.07, 6.45) is 6.07. The number of hydrogen-bond donors (Lipinski definition) is 1. The molecule has 0 saturated heterocycles. The van der Waals surface area contributed by atoms with Crippen molar-refractivity contribution in [3.8, 4) is 0 Å². The zero-order chi connectivity index (χ0) is 18.5. The van der Waals surface area contributed by atoms with Crippen LogP contribution in [0.15, 0.2) is 30.3 Å². The molecule has 2 N–H and O–H groups in total. The molecule has 0 heterocycles. The molecule has 158 valence electrons. The SMILES string of the molecule is CCCCCCC(N)C(=O)N(CCCN(C)C)OCc1ccccc1.Cl.Cl. The number of carbonyl (C=O) groups is 1. The van der Waals surface area contributed by atoms with Gasteiger partial charge in [0.15, 0.2) is 0 Å². The van der Waals surface area contributed by atoms with Gasteiger partial charge >= 0.3 is 0 Å². The van der Waals surface area contributed by atoms with Crippen LogP contribution in [0.25, 0.3) is 0 Å². The second-order valence-electron chi connectivity index (χ2n) is 6.81. The van der Waals surface area contributed by atoms with Crippen LogP contribution >= 0.6 is 24.8 Å². The van der Waals surface area contributed by atoms with Gasteiger partial charge in [-0.05, 0) is 39.0 Å². The summed E-state index contributed by atoms with van der Waals surface area (Å²) in [6.45, 7) is 4.03. The number of hydroxylamine groups is 2. The van der Waals surface area contributed by atoms with Crippen molar-refractivity contribution >= 4 is 30.7 Å². The molecule has 0 saturated carbocycles. The summed E-state index contributed by atoms with van der Waals surface area (Å²) >= 11 is 0. The van der Waals surface area contributed by atoms with Crippen LogP contribution in [-0.4, -0.2) is 49.1 Å². The maximum Gasteiger partial charge on any atom is 0.263 e. The number of nitrogens with zero attached hydrogens (tertiary/aromatic N) is 2. The molecule has 1 amide bonds. The average molecular weight is 422 g/mol. The van der Waals surface area contributed by atoms with Crippen molar-refractivity contribution in [1.29, 1.82) is 0 Å². The van der Waals surface area contributed by atoms with E-state index in [0.29, 0.717) is 13.2 Å². The average Bonchev–Trinajstić information content (AvgIpc) is 2.61. The molecule has 0 fully saturated rings. The van der Waals surface area contributed by atoms with Gasteiger partial charge in [0.2, 0.25) is 0 Å². The Hall–Kier alpha value is -0.850. The molecule has 0 aliphatic carbocycles. The van der Waals surface area contributed by atoms with Gasteiger partial charge in [0, 0.05) is 6.54 Å². The summed E-state index contributed by atoms with van der Waals surface area (Å²) in [7, 11) is 4.05. The minimum absolute atomic E-state index is 0. The zero-order valence-electron chi connectivity index (χ0n) is 16.9. The molecular weight excluding hydrogens is 385 g/mol. The zero-order valence-corrected chi connectivity index (χ0v) is 18.6. The van der Waals surface area contributed by atoms with Crippen LogP contribution in [0, 0.1) is 0 Å². The Bertz CT molecular complexity index is 476. The molecule has 1 unspecified atom stereocenters. The van der Waals surface area contributed by atoms with E-state index in [1.807, 2.05) is 44.4 Å². The van der Waals surface area contributed by atoms with Gasteiger partial charge in [0.25, 0.3) is 5.91 Å². The highest BCUT2D eigenvalue weighted by molar-refractivity contribution is 5.85. The van der Waals surface area contributed by atoms with E-state index in [1.54, 1.807) is 0 Å². The lowest BCUT2D eigenvalue weighted by Gasteiger charge is -2.25. The maximum atomic E-state index is 12.7. The molecule has 0 radical (unpaired) electrons. The predicted molar refractivity (Wildman–Crippen MR) is 117 cm³/mol. The van der Waals surface area contributed by atoms with Crippen LogP contribution in [-0.2, 0) is 16.2 Å². The molecule has 1 aromatic rings. The molecule has 0 aromatic heterocycles. The summed E-state index contributed by atoms with van der Waals surface area (Å²) < 4.78 is 0. The van der Waals surface area contributed by atoms with Crippen LogP contribution in [0.3, 0.4) is 0 Å². The third-order valence-electron chi connectivity index (χ3n) is 4.13. The molecule has 27 heavy (non-hydrogen) atoms. The molecule has 1 aromatic carbocycles. The van der Waals surface area contributed by atoms with E-state index >= 15 is 0 Å². The first kappa shape index (κ1) is 28.4.